The molecule has 0 radical (unpaired) electrons. The molecular weight excluding hydrogens is 389 g/mol. The van der Waals surface area contributed by atoms with Gasteiger partial charge in [-0.1, -0.05) is 13.8 Å². The van der Waals surface area contributed by atoms with Crippen LogP contribution in [0.3, 0.4) is 0 Å². The Bertz CT molecular complexity index is 980. The van der Waals surface area contributed by atoms with Crippen LogP contribution in [0.5, 0.6) is 0 Å². The normalized spacial score (nSPS) is 15.1. The largest absolute Gasteiger partial charge is 0.451 e. The third kappa shape index (κ3) is 2.90. The number of thiophene rings is 1. The third-order valence-electron chi connectivity index (χ3n) is 4.24. The Labute approximate surface area is 155 Å². The predicted molar refractivity (Wildman–Crippen MR) is 92.6 cm³/mol. The van der Waals surface area contributed by atoms with E-state index in [0.717, 1.165) is 19.7 Å². The second-order valence-electron chi connectivity index (χ2n) is 6.35. The van der Waals surface area contributed by atoms with Gasteiger partial charge in [-0.25, -0.2) is 4.98 Å². The molecule has 4 heterocycles. The molecule has 11 heteroatoms. The summed E-state index contributed by atoms with van der Waals surface area (Å²) in [5, 5.41) is 7.99. The minimum atomic E-state index is -4.52. The SMILES string of the molecule is CC(C)c1cc2c(N3CCn4c(nnc4C(F)(F)F)C3)nc(Cl)nc2s1. The van der Waals surface area contributed by atoms with Crippen molar-refractivity contribution in [1.82, 2.24) is 24.7 Å². The number of alkyl halides is 3. The van der Waals surface area contributed by atoms with E-state index in [1.165, 1.54) is 0 Å². The van der Waals surface area contributed by atoms with E-state index in [2.05, 4.69) is 34.0 Å². The molecule has 0 bridgehead atoms. The minimum Gasteiger partial charge on any atom is -0.347 e. The van der Waals surface area contributed by atoms with Crippen molar-refractivity contribution in [3.8, 4) is 0 Å². The van der Waals surface area contributed by atoms with Gasteiger partial charge in [-0.05, 0) is 23.6 Å². The van der Waals surface area contributed by atoms with Crippen LogP contribution in [0.2, 0.25) is 5.28 Å². The van der Waals surface area contributed by atoms with Crippen molar-refractivity contribution in [3.05, 3.63) is 27.9 Å². The maximum absolute atomic E-state index is 13.0. The Morgan fingerprint density at radius 3 is 2.65 bits per heavy atom. The zero-order valence-corrected chi connectivity index (χ0v) is 15.5. The van der Waals surface area contributed by atoms with Gasteiger partial charge < -0.3 is 9.47 Å². The molecule has 0 N–H and O–H groups in total. The number of nitrogens with zero attached hydrogens (tertiary/aromatic N) is 6. The van der Waals surface area contributed by atoms with Gasteiger partial charge in [-0.15, -0.1) is 21.5 Å². The van der Waals surface area contributed by atoms with Crippen molar-refractivity contribution in [3.63, 3.8) is 0 Å². The maximum Gasteiger partial charge on any atom is 0.451 e. The fraction of sp³-hybridized carbons (Fsp3) is 0.467. The Balaban J connectivity index is 1.74. The minimum absolute atomic E-state index is 0.118. The smallest absolute Gasteiger partial charge is 0.347 e. The molecule has 1 aliphatic heterocycles. The summed E-state index contributed by atoms with van der Waals surface area (Å²) >= 11 is 7.62. The highest BCUT2D eigenvalue weighted by atomic mass is 35.5. The first-order valence-electron chi connectivity index (χ1n) is 7.95. The molecule has 0 atom stereocenters. The Morgan fingerprint density at radius 1 is 1.19 bits per heavy atom. The summed E-state index contributed by atoms with van der Waals surface area (Å²) in [5.41, 5.74) is 0. The van der Waals surface area contributed by atoms with Gasteiger partial charge in [-0.3, -0.25) is 0 Å². The number of hydrogen-bond donors (Lipinski definition) is 0. The highest BCUT2D eigenvalue weighted by Crippen LogP contribution is 2.37. The molecule has 6 nitrogen and oxygen atoms in total. The van der Waals surface area contributed by atoms with Gasteiger partial charge in [0.15, 0.2) is 5.82 Å². The molecule has 0 spiro atoms. The molecule has 0 fully saturated rings. The molecular formula is C15H14ClF3N6S. The number of rotatable bonds is 2. The van der Waals surface area contributed by atoms with Crippen LogP contribution in [0, 0.1) is 0 Å². The van der Waals surface area contributed by atoms with Gasteiger partial charge in [0.2, 0.25) is 11.1 Å². The van der Waals surface area contributed by atoms with E-state index in [9.17, 15) is 13.2 Å². The average molecular weight is 403 g/mol. The summed E-state index contributed by atoms with van der Waals surface area (Å²) in [7, 11) is 0. The van der Waals surface area contributed by atoms with Crippen LogP contribution in [0.15, 0.2) is 6.07 Å². The van der Waals surface area contributed by atoms with Gasteiger partial charge in [0.25, 0.3) is 0 Å². The van der Waals surface area contributed by atoms with Gasteiger partial charge in [0.05, 0.1) is 11.9 Å². The highest BCUT2D eigenvalue weighted by molar-refractivity contribution is 7.18. The molecule has 138 valence electrons. The van der Waals surface area contributed by atoms with E-state index < -0.39 is 12.0 Å². The highest BCUT2D eigenvalue weighted by Gasteiger charge is 2.39. The molecule has 26 heavy (non-hydrogen) atoms. The van der Waals surface area contributed by atoms with Crippen LogP contribution in [-0.2, 0) is 19.3 Å². The molecule has 0 unspecified atom stereocenters. The van der Waals surface area contributed by atoms with E-state index in [1.54, 1.807) is 11.3 Å². The van der Waals surface area contributed by atoms with Crippen molar-refractivity contribution < 1.29 is 13.2 Å². The zero-order chi connectivity index (χ0) is 18.6. The van der Waals surface area contributed by atoms with Crippen molar-refractivity contribution in [2.75, 3.05) is 11.4 Å². The molecule has 0 saturated heterocycles. The van der Waals surface area contributed by atoms with Crippen LogP contribution < -0.4 is 4.90 Å². The summed E-state index contributed by atoms with van der Waals surface area (Å²) in [6.07, 6.45) is -4.52. The first-order valence-corrected chi connectivity index (χ1v) is 9.14. The lowest BCUT2D eigenvalue weighted by molar-refractivity contribution is -0.147. The van der Waals surface area contributed by atoms with Crippen LogP contribution in [0.25, 0.3) is 10.2 Å². The molecule has 3 aromatic heterocycles. The summed E-state index contributed by atoms with van der Waals surface area (Å²) in [5.74, 6) is 0.243. The Hall–Kier alpha value is -1.94. The van der Waals surface area contributed by atoms with Crippen LogP contribution in [0.1, 0.15) is 36.3 Å². The van der Waals surface area contributed by atoms with E-state index in [4.69, 9.17) is 11.6 Å². The summed E-state index contributed by atoms with van der Waals surface area (Å²) in [6.45, 7) is 4.83. The average Bonchev–Trinajstić information content (AvgIpc) is 3.16. The van der Waals surface area contributed by atoms with Crippen LogP contribution >= 0.6 is 22.9 Å². The van der Waals surface area contributed by atoms with Gasteiger partial charge in [-0.2, -0.15) is 18.2 Å². The molecule has 0 amide bonds. The van der Waals surface area contributed by atoms with Crippen LogP contribution in [-0.4, -0.2) is 31.3 Å². The lowest BCUT2D eigenvalue weighted by Gasteiger charge is -2.29. The number of anilines is 1. The number of aromatic nitrogens is 5. The van der Waals surface area contributed by atoms with Gasteiger partial charge in [0, 0.05) is 18.0 Å². The quantitative estimate of drug-likeness (QED) is 0.604. The Kier molecular flexibility index (Phi) is 4.07. The topological polar surface area (TPSA) is 59.7 Å². The van der Waals surface area contributed by atoms with Crippen molar-refractivity contribution in [1.29, 1.82) is 0 Å². The summed E-state index contributed by atoms with van der Waals surface area (Å²) < 4.78 is 40.1. The molecule has 0 saturated carbocycles. The molecule has 4 rings (SSSR count). The standard InChI is InChI=1S/C15H14ClF3N6S/c1-7(2)9-5-8-11(20-14(16)21-12(8)26-9)24-3-4-25-10(6-24)22-23-13(25)15(17,18)19/h5,7H,3-4,6H2,1-2H3. The van der Waals surface area contributed by atoms with Gasteiger partial charge in [0.1, 0.15) is 10.6 Å². The third-order valence-corrected chi connectivity index (χ3v) is 5.74. The molecule has 0 aliphatic carbocycles. The predicted octanol–water partition coefficient (Wildman–Crippen LogP) is 4.10. The lowest BCUT2D eigenvalue weighted by Crippen LogP contribution is -2.36. The van der Waals surface area contributed by atoms with Crippen molar-refractivity contribution >= 4 is 39.0 Å². The number of halogens is 4. The monoisotopic (exact) mass is 402 g/mol. The van der Waals surface area contributed by atoms with Crippen LogP contribution in [0.4, 0.5) is 19.0 Å². The zero-order valence-electron chi connectivity index (χ0n) is 13.9. The second kappa shape index (κ2) is 6.05. The molecule has 1 aliphatic rings. The maximum atomic E-state index is 13.0. The van der Waals surface area contributed by atoms with E-state index in [-0.39, 0.29) is 24.2 Å². The fourth-order valence-electron chi connectivity index (χ4n) is 2.97. The first-order chi connectivity index (χ1) is 12.2. The Morgan fingerprint density at radius 2 is 1.96 bits per heavy atom. The van der Waals surface area contributed by atoms with E-state index in [0.29, 0.717) is 18.3 Å². The fourth-order valence-corrected chi connectivity index (χ4v) is 4.22. The first kappa shape index (κ1) is 17.5. The summed E-state index contributed by atoms with van der Waals surface area (Å²) in [4.78, 5) is 12.4. The van der Waals surface area contributed by atoms with Crippen molar-refractivity contribution in [2.24, 2.45) is 0 Å². The second-order valence-corrected chi connectivity index (χ2v) is 7.75. The summed E-state index contributed by atoms with van der Waals surface area (Å²) in [6, 6.07) is 2.02. The number of hydrogen-bond acceptors (Lipinski definition) is 6. The van der Waals surface area contributed by atoms with Gasteiger partial charge >= 0.3 is 6.18 Å². The van der Waals surface area contributed by atoms with E-state index >= 15 is 0 Å². The number of fused-ring (bicyclic) bond motifs is 2. The van der Waals surface area contributed by atoms with Crippen molar-refractivity contribution in [2.45, 2.75) is 39.0 Å². The molecule has 3 aromatic rings. The van der Waals surface area contributed by atoms with E-state index in [1.807, 2.05) is 11.0 Å². The lowest BCUT2D eigenvalue weighted by atomic mass is 10.1. The molecule has 0 aromatic carbocycles.